The molecule has 2 rings (SSSR count). The predicted molar refractivity (Wildman–Crippen MR) is 73.1 cm³/mol. The van der Waals surface area contributed by atoms with Gasteiger partial charge in [-0.3, -0.25) is 9.59 Å². The molecular formula is C15H14F3NO3. The third kappa shape index (κ3) is 3.66. The van der Waals surface area contributed by atoms with Gasteiger partial charge >= 0.3 is 12.1 Å². The van der Waals surface area contributed by atoms with Crippen molar-refractivity contribution in [2.45, 2.75) is 19.0 Å². The highest BCUT2D eigenvalue weighted by Crippen LogP contribution is 2.31. The minimum atomic E-state index is -4.50. The Kier molecular flexibility index (Phi) is 4.54. The van der Waals surface area contributed by atoms with Gasteiger partial charge in [0.05, 0.1) is 17.4 Å². The summed E-state index contributed by atoms with van der Waals surface area (Å²) in [5.74, 6) is -3.46. The van der Waals surface area contributed by atoms with Crippen LogP contribution in [0.2, 0.25) is 0 Å². The van der Waals surface area contributed by atoms with Gasteiger partial charge in [-0.05, 0) is 31.0 Å². The fourth-order valence-corrected chi connectivity index (χ4v) is 2.39. The van der Waals surface area contributed by atoms with Crippen LogP contribution in [0.15, 0.2) is 36.4 Å². The number of nitrogens with one attached hydrogen (secondary N) is 1. The number of amides is 1. The Labute approximate surface area is 124 Å². The number of rotatable bonds is 3. The third-order valence-electron chi connectivity index (χ3n) is 3.50. The molecule has 4 nitrogen and oxygen atoms in total. The van der Waals surface area contributed by atoms with Crippen LogP contribution in [0.5, 0.6) is 0 Å². The average molecular weight is 313 g/mol. The molecule has 2 unspecified atom stereocenters. The standard InChI is InChI=1S/C15H14F3NO3/c16-15(17,18)9-4-3-5-10(8-9)19-13(20)11-6-1-2-7-12(11)14(21)22/h2-5,7-8,11-12H,1,6H2,(H,19,20)(H,21,22). The molecule has 0 radical (unpaired) electrons. The number of benzene rings is 1. The van der Waals surface area contributed by atoms with Crippen LogP contribution in [0.25, 0.3) is 0 Å². The largest absolute Gasteiger partial charge is 0.481 e. The van der Waals surface area contributed by atoms with Crippen molar-refractivity contribution in [2.24, 2.45) is 11.8 Å². The van der Waals surface area contributed by atoms with Crippen molar-refractivity contribution in [3.05, 3.63) is 42.0 Å². The SMILES string of the molecule is O=C(O)C1C=CCCC1C(=O)Nc1cccc(C(F)(F)F)c1. The Bertz CT molecular complexity index is 610. The smallest absolute Gasteiger partial charge is 0.416 e. The zero-order valence-electron chi connectivity index (χ0n) is 11.4. The summed E-state index contributed by atoms with van der Waals surface area (Å²) in [4.78, 5) is 23.3. The molecule has 1 aromatic carbocycles. The highest BCUT2D eigenvalue weighted by molar-refractivity contribution is 5.95. The second-order valence-corrected chi connectivity index (χ2v) is 5.04. The quantitative estimate of drug-likeness (QED) is 0.841. The van der Waals surface area contributed by atoms with E-state index >= 15 is 0 Å². The third-order valence-corrected chi connectivity index (χ3v) is 3.50. The normalized spacial score (nSPS) is 21.4. The van der Waals surface area contributed by atoms with Gasteiger partial charge in [0.15, 0.2) is 0 Å². The van der Waals surface area contributed by atoms with Gasteiger partial charge in [0.25, 0.3) is 0 Å². The number of allylic oxidation sites excluding steroid dienone is 1. The van der Waals surface area contributed by atoms with Gasteiger partial charge in [0, 0.05) is 5.69 Å². The van der Waals surface area contributed by atoms with Crippen molar-refractivity contribution >= 4 is 17.6 Å². The lowest BCUT2D eigenvalue weighted by atomic mass is 9.83. The van der Waals surface area contributed by atoms with E-state index in [1.165, 1.54) is 18.2 Å². The van der Waals surface area contributed by atoms with Crippen LogP contribution in [0.3, 0.4) is 0 Å². The molecule has 22 heavy (non-hydrogen) atoms. The molecule has 0 fully saturated rings. The molecule has 0 aromatic heterocycles. The lowest BCUT2D eigenvalue weighted by Crippen LogP contribution is -2.34. The highest BCUT2D eigenvalue weighted by Gasteiger charge is 2.34. The molecule has 1 amide bonds. The van der Waals surface area contributed by atoms with Crippen LogP contribution in [0.1, 0.15) is 18.4 Å². The van der Waals surface area contributed by atoms with Crippen LogP contribution < -0.4 is 5.32 Å². The molecule has 0 spiro atoms. The number of carbonyl (C=O) groups excluding carboxylic acids is 1. The second kappa shape index (κ2) is 6.21. The van der Waals surface area contributed by atoms with Crippen LogP contribution in [-0.4, -0.2) is 17.0 Å². The van der Waals surface area contributed by atoms with Crippen molar-refractivity contribution in [2.75, 3.05) is 5.32 Å². The van der Waals surface area contributed by atoms with E-state index in [1.807, 2.05) is 0 Å². The van der Waals surface area contributed by atoms with Gasteiger partial charge < -0.3 is 10.4 Å². The number of carbonyl (C=O) groups is 2. The maximum atomic E-state index is 12.6. The van der Waals surface area contributed by atoms with Gasteiger partial charge in [-0.1, -0.05) is 18.2 Å². The molecule has 118 valence electrons. The van der Waals surface area contributed by atoms with Crippen LogP contribution in [0, 0.1) is 11.8 Å². The minimum absolute atomic E-state index is 0.00137. The highest BCUT2D eigenvalue weighted by atomic mass is 19.4. The first-order chi connectivity index (χ1) is 10.3. The van der Waals surface area contributed by atoms with Crippen molar-refractivity contribution in [3.8, 4) is 0 Å². The van der Waals surface area contributed by atoms with Crippen LogP contribution >= 0.6 is 0 Å². The Hall–Kier alpha value is -2.31. The maximum absolute atomic E-state index is 12.6. The van der Waals surface area contributed by atoms with Gasteiger partial charge in [-0.15, -0.1) is 0 Å². The second-order valence-electron chi connectivity index (χ2n) is 5.04. The van der Waals surface area contributed by atoms with Gasteiger partial charge in [0.2, 0.25) is 5.91 Å². The number of carboxylic acids is 1. The molecule has 1 aromatic rings. The predicted octanol–water partition coefficient (Wildman–Crippen LogP) is 3.31. The summed E-state index contributed by atoms with van der Waals surface area (Å²) in [6, 6.07) is 4.25. The topological polar surface area (TPSA) is 66.4 Å². The molecule has 1 aliphatic rings. The fourth-order valence-electron chi connectivity index (χ4n) is 2.39. The van der Waals surface area contributed by atoms with E-state index in [9.17, 15) is 22.8 Å². The first-order valence-electron chi connectivity index (χ1n) is 6.66. The molecular weight excluding hydrogens is 299 g/mol. The van der Waals surface area contributed by atoms with E-state index in [0.29, 0.717) is 12.8 Å². The average Bonchev–Trinajstić information content (AvgIpc) is 2.46. The molecule has 2 N–H and O–H groups in total. The number of halogens is 3. The number of hydrogen-bond acceptors (Lipinski definition) is 2. The summed E-state index contributed by atoms with van der Waals surface area (Å²) < 4.78 is 37.9. The number of aliphatic carboxylic acids is 1. The molecule has 0 saturated carbocycles. The van der Waals surface area contributed by atoms with E-state index in [0.717, 1.165) is 12.1 Å². The summed E-state index contributed by atoms with van der Waals surface area (Å²) >= 11 is 0. The first kappa shape index (κ1) is 16.1. The lowest BCUT2D eigenvalue weighted by Gasteiger charge is -2.23. The monoisotopic (exact) mass is 313 g/mol. The number of alkyl halides is 3. The minimum Gasteiger partial charge on any atom is -0.481 e. The Morgan fingerprint density at radius 1 is 1.27 bits per heavy atom. The van der Waals surface area contributed by atoms with E-state index < -0.39 is 35.5 Å². The maximum Gasteiger partial charge on any atom is 0.416 e. The van der Waals surface area contributed by atoms with E-state index in [4.69, 9.17) is 5.11 Å². The van der Waals surface area contributed by atoms with Crippen LogP contribution in [0.4, 0.5) is 18.9 Å². The number of carboxylic acid groups (broad SMARTS) is 1. The first-order valence-corrected chi connectivity index (χ1v) is 6.66. The molecule has 0 bridgehead atoms. The van der Waals surface area contributed by atoms with E-state index in [1.54, 1.807) is 6.08 Å². The fraction of sp³-hybridized carbons (Fsp3) is 0.333. The van der Waals surface area contributed by atoms with Crippen molar-refractivity contribution in [1.82, 2.24) is 0 Å². The zero-order valence-corrected chi connectivity index (χ0v) is 11.4. The van der Waals surface area contributed by atoms with E-state index in [-0.39, 0.29) is 5.69 Å². The van der Waals surface area contributed by atoms with Crippen molar-refractivity contribution in [1.29, 1.82) is 0 Å². The molecule has 0 aliphatic heterocycles. The summed E-state index contributed by atoms with van der Waals surface area (Å²) in [6.45, 7) is 0. The summed E-state index contributed by atoms with van der Waals surface area (Å²) in [7, 11) is 0. The van der Waals surface area contributed by atoms with Gasteiger partial charge in [-0.25, -0.2) is 0 Å². The number of hydrogen-bond donors (Lipinski definition) is 2. The summed E-state index contributed by atoms with van der Waals surface area (Å²) in [5.41, 5.74) is -0.873. The van der Waals surface area contributed by atoms with E-state index in [2.05, 4.69) is 5.32 Å². The Morgan fingerprint density at radius 3 is 2.64 bits per heavy atom. The molecule has 1 aliphatic carbocycles. The summed E-state index contributed by atoms with van der Waals surface area (Å²) in [6.07, 6.45) is -0.463. The molecule has 0 heterocycles. The van der Waals surface area contributed by atoms with Gasteiger partial charge in [0.1, 0.15) is 0 Å². The summed E-state index contributed by atoms with van der Waals surface area (Å²) in [5, 5.41) is 11.5. The van der Waals surface area contributed by atoms with Crippen molar-refractivity contribution < 1.29 is 27.9 Å². The Balaban J connectivity index is 2.15. The zero-order chi connectivity index (χ0) is 16.3. The Morgan fingerprint density at radius 2 is 2.00 bits per heavy atom. The molecule has 7 heteroatoms. The lowest BCUT2D eigenvalue weighted by molar-refractivity contribution is -0.144. The van der Waals surface area contributed by atoms with Gasteiger partial charge in [-0.2, -0.15) is 13.2 Å². The molecule has 0 saturated heterocycles. The van der Waals surface area contributed by atoms with Crippen molar-refractivity contribution in [3.63, 3.8) is 0 Å². The number of anilines is 1. The van der Waals surface area contributed by atoms with Crippen LogP contribution in [-0.2, 0) is 15.8 Å². The molecule has 2 atom stereocenters.